The summed E-state index contributed by atoms with van der Waals surface area (Å²) in [4.78, 5) is 30.1. The molecule has 0 radical (unpaired) electrons. The molecule has 6 nitrogen and oxygen atoms in total. The van der Waals surface area contributed by atoms with E-state index in [4.69, 9.17) is 9.47 Å². The molecule has 1 fully saturated rings. The van der Waals surface area contributed by atoms with Crippen molar-refractivity contribution >= 4 is 28.8 Å². The summed E-state index contributed by atoms with van der Waals surface area (Å²) < 4.78 is 10.7. The lowest BCUT2D eigenvalue weighted by Gasteiger charge is -2.32. The molecule has 1 N–H and O–H groups in total. The molecule has 1 atom stereocenters. The van der Waals surface area contributed by atoms with Gasteiger partial charge in [-0.15, -0.1) is 11.3 Å². The molecular weight excluding hydrogens is 448 g/mol. The average Bonchev–Trinajstić information content (AvgIpc) is 3.57. The summed E-state index contributed by atoms with van der Waals surface area (Å²) >= 11 is 1.53. The molecule has 7 heteroatoms. The first-order valence-electron chi connectivity index (χ1n) is 11.5. The number of carbonyl (C=O) groups excluding carboxylic acids is 2. The highest BCUT2D eigenvalue weighted by Crippen LogP contribution is 2.32. The van der Waals surface area contributed by atoms with E-state index in [-0.39, 0.29) is 24.3 Å². The standard InChI is InChI=1S/C27H30N2O4S/c1-32-22-14-12-21(13-15-22)29(25(30)18-24-11-6-16-34-24)26(19-7-5-10-23(17-19)33-2)27(31)28-20-8-3-4-9-20/h5-7,10-17,20,26H,3-4,8-9,18H2,1-2H3,(H,28,31)/t26-/m1/s1. The number of hydrogen-bond acceptors (Lipinski definition) is 5. The molecule has 1 aliphatic carbocycles. The van der Waals surface area contributed by atoms with Crippen LogP contribution in [-0.2, 0) is 16.0 Å². The number of carbonyl (C=O) groups is 2. The van der Waals surface area contributed by atoms with Gasteiger partial charge in [0.1, 0.15) is 17.5 Å². The first-order chi connectivity index (χ1) is 16.6. The van der Waals surface area contributed by atoms with Crippen molar-refractivity contribution in [1.82, 2.24) is 5.32 Å². The van der Waals surface area contributed by atoms with Gasteiger partial charge in [-0.05, 0) is 66.2 Å². The van der Waals surface area contributed by atoms with Crippen molar-refractivity contribution in [1.29, 1.82) is 0 Å². The Morgan fingerprint density at radius 3 is 2.38 bits per heavy atom. The Balaban J connectivity index is 1.77. The number of rotatable bonds is 9. The fourth-order valence-corrected chi connectivity index (χ4v) is 5.10. The van der Waals surface area contributed by atoms with Crippen LogP contribution in [0.5, 0.6) is 11.5 Å². The molecule has 2 aromatic carbocycles. The maximum Gasteiger partial charge on any atom is 0.248 e. The molecule has 1 aliphatic rings. The van der Waals surface area contributed by atoms with Crippen LogP contribution in [0.4, 0.5) is 5.69 Å². The Hall–Kier alpha value is -3.32. The highest BCUT2D eigenvalue weighted by molar-refractivity contribution is 7.10. The van der Waals surface area contributed by atoms with Gasteiger partial charge >= 0.3 is 0 Å². The lowest BCUT2D eigenvalue weighted by Crippen LogP contribution is -2.46. The van der Waals surface area contributed by atoms with Crippen molar-refractivity contribution < 1.29 is 19.1 Å². The van der Waals surface area contributed by atoms with Crippen LogP contribution in [0.1, 0.15) is 42.2 Å². The molecule has 4 rings (SSSR count). The zero-order chi connectivity index (χ0) is 23.9. The first-order valence-corrected chi connectivity index (χ1v) is 12.4. The van der Waals surface area contributed by atoms with E-state index >= 15 is 0 Å². The highest BCUT2D eigenvalue weighted by atomic mass is 32.1. The second kappa shape index (κ2) is 11.2. The zero-order valence-electron chi connectivity index (χ0n) is 19.5. The number of benzene rings is 2. The van der Waals surface area contributed by atoms with E-state index in [0.29, 0.717) is 22.7 Å². The average molecular weight is 479 g/mol. The Morgan fingerprint density at radius 2 is 1.74 bits per heavy atom. The highest BCUT2D eigenvalue weighted by Gasteiger charge is 2.34. The Labute approximate surface area is 204 Å². The van der Waals surface area contributed by atoms with E-state index < -0.39 is 6.04 Å². The zero-order valence-corrected chi connectivity index (χ0v) is 20.3. The maximum absolute atomic E-state index is 13.8. The predicted octanol–water partition coefficient (Wildman–Crippen LogP) is 5.14. The van der Waals surface area contributed by atoms with Crippen molar-refractivity contribution in [3.8, 4) is 11.5 Å². The van der Waals surface area contributed by atoms with Crippen molar-refractivity contribution in [3.63, 3.8) is 0 Å². The lowest BCUT2D eigenvalue weighted by molar-refractivity contribution is -0.127. The Kier molecular flexibility index (Phi) is 7.85. The van der Waals surface area contributed by atoms with Crippen LogP contribution < -0.4 is 19.7 Å². The van der Waals surface area contributed by atoms with Gasteiger partial charge in [-0.3, -0.25) is 14.5 Å². The van der Waals surface area contributed by atoms with Crippen LogP contribution in [0.3, 0.4) is 0 Å². The minimum atomic E-state index is -0.837. The monoisotopic (exact) mass is 478 g/mol. The van der Waals surface area contributed by atoms with E-state index in [1.165, 1.54) is 11.3 Å². The molecule has 1 aromatic heterocycles. The Bertz CT molecular complexity index is 1090. The number of thiophene rings is 1. The van der Waals surface area contributed by atoms with Crippen LogP contribution >= 0.6 is 11.3 Å². The summed E-state index contributed by atoms with van der Waals surface area (Å²) in [6, 6.07) is 17.8. The summed E-state index contributed by atoms with van der Waals surface area (Å²) in [7, 11) is 3.19. The van der Waals surface area contributed by atoms with Crippen molar-refractivity contribution in [2.45, 2.75) is 44.2 Å². The van der Waals surface area contributed by atoms with E-state index in [1.54, 1.807) is 31.3 Å². The molecule has 0 unspecified atom stereocenters. The van der Waals surface area contributed by atoms with Gasteiger partial charge in [0.05, 0.1) is 20.6 Å². The number of ether oxygens (including phenoxy) is 2. The molecule has 2 amide bonds. The van der Waals surface area contributed by atoms with Crippen LogP contribution in [0, 0.1) is 0 Å². The first kappa shape index (κ1) is 23.8. The van der Waals surface area contributed by atoms with Gasteiger partial charge in [-0.2, -0.15) is 0 Å². The fraction of sp³-hybridized carbons (Fsp3) is 0.333. The van der Waals surface area contributed by atoms with Gasteiger partial charge in [0.15, 0.2) is 0 Å². The number of hydrogen-bond donors (Lipinski definition) is 1. The number of nitrogens with one attached hydrogen (secondary N) is 1. The van der Waals surface area contributed by atoms with Crippen molar-refractivity contribution in [2.75, 3.05) is 19.1 Å². The number of anilines is 1. The maximum atomic E-state index is 13.8. The molecule has 34 heavy (non-hydrogen) atoms. The molecular formula is C27H30N2O4S. The summed E-state index contributed by atoms with van der Waals surface area (Å²) in [5.41, 5.74) is 1.34. The fourth-order valence-electron chi connectivity index (χ4n) is 4.41. The lowest BCUT2D eigenvalue weighted by atomic mass is 10.0. The molecule has 1 heterocycles. The molecule has 0 spiro atoms. The van der Waals surface area contributed by atoms with Crippen molar-refractivity contribution in [2.24, 2.45) is 0 Å². The van der Waals surface area contributed by atoms with Crippen LogP contribution in [0.15, 0.2) is 66.0 Å². The van der Waals surface area contributed by atoms with Gasteiger partial charge in [-0.25, -0.2) is 0 Å². The van der Waals surface area contributed by atoms with Crippen LogP contribution in [0.2, 0.25) is 0 Å². The van der Waals surface area contributed by atoms with Gasteiger partial charge < -0.3 is 14.8 Å². The second-order valence-electron chi connectivity index (χ2n) is 8.39. The normalized spacial score (nSPS) is 14.4. The quantitative estimate of drug-likeness (QED) is 0.462. The van der Waals surface area contributed by atoms with Gasteiger partial charge in [0.25, 0.3) is 0 Å². The minimum absolute atomic E-state index is 0.130. The summed E-state index contributed by atoms with van der Waals surface area (Å²) in [5, 5.41) is 5.16. The molecule has 1 saturated carbocycles. The van der Waals surface area contributed by atoms with Crippen LogP contribution in [-0.4, -0.2) is 32.1 Å². The van der Waals surface area contributed by atoms with Crippen molar-refractivity contribution in [3.05, 3.63) is 76.5 Å². The summed E-state index contributed by atoms with van der Waals surface area (Å²) in [6.07, 6.45) is 4.34. The van der Waals surface area contributed by atoms with E-state index in [9.17, 15) is 9.59 Å². The van der Waals surface area contributed by atoms with Gasteiger partial charge in [0.2, 0.25) is 11.8 Å². The third-order valence-electron chi connectivity index (χ3n) is 6.14. The third kappa shape index (κ3) is 5.59. The third-order valence-corrected chi connectivity index (χ3v) is 7.02. The number of nitrogens with zero attached hydrogens (tertiary/aromatic N) is 1. The van der Waals surface area contributed by atoms with Gasteiger partial charge in [0, 0.05) is 16.6 Å². The summed E-state index contributed by atoms with van der Waals surface area (Å²) in [5.74, 6) is 0.983. The van der Waals surface area contributed by atoms with Gasteiger partial charge in [-0.1, -0.05) is 31.0 Å². The van der Waals surface area contributed by atoms with Crippen LogP contribution in [0.25, 0.3) is 0 Å². The van der Waals surface area contributed by atoms with E-state index in [2.05, 4.69) is 5.32 Å². The number of amides is 2. The summed E-state index contributed by atoms with van der Waals surface area (Å²) in [6.45, 7) is 0. The largest absolute Gasteiger partial charge is 0.497 e. The smallest absolute Gasteiger partial charge is 0.248 e. The number of methoxy groups -OCH3 is 2. The molecule has 0 aliphatic heterocycles. The topological polar surface area (TPSA) is 67.9 Å². The minimum Gasteiger partial charge on any atom is -0.497 e. The predicted molar refractivity (Wildman–Crippen MR) is 135 cm³/mol. The van der Waals surface area contributed by atoms with E-state index in [0.717, 1.165) is 30.6 Å². The van der Waals surface area contributed by atoms with E-state index in [1.807, 2.05) is 53.9 Å². The molecule has 3 aromatic rings. The molecule has 178 valence electrons. The second-order valence-corrected chi connectivity index (χ2v) is 9.42. The Morgan fingerprint density at radius 1 is 1.00 bits per heavy atom. The molecule has 0 bridgehead atoms. The SMILES string of the molecule is COc1ccc(N(C(=O)Cc2cccs2)[C@@H](C(=O)NC2CCCC2)c2cccc(OC)c2)cc1. The molecule has 0 saturated heterocycles.